The standard InChI is InChI=1S/C24H29ClN4O2/c1-3-27-11-13-28(14-12-27)17-24(30)29-23(18-7-9-20(25)10-8-18)16-22(26-29)19-5-4-6-21(15-19)31-2/h4-10,15,23H,3,11-14,16-17H2,1-2H3/t23-/m0/s1. The molecule has 1 saturated heterocycles. The highest BCUT2D eigenvalue weighted by atomic mass is 35.5. The van der Waals surface area contributed by atoms with Gasteiger partial charge in [-0.2, -0.15) is 5.10 Å². The van der Waals surface area contributed by atoms with Crippen molar-refractivity contribution in [1.82, 2.24) is 14.8 Å². The number of carbonyl (C=O) groups excluding carboxylic acids is 1. The van der Waals surface area contributed by atoms with E-state index in [0.29, 0.717) is 18.0 Å². The largest absolute Gasteiger partial charge is 0.497 e. The second kappa shape index (κ2) is 9.81. The first-order chi connectivity index (χ1) is 15.1. The second-order valence-electron chi connectivity index (χ2n) is 8.00. The molecular formula is C24H29ClN4O2. The molecule has 1 amide bonds. The van der Waals surface area contributed by atoms with Crippen LogP contribution in [0.5, 0.6) is 5.75 Å². The van der Waals surface area contributed by atoms with Crippen LogP contribution in [0.25, 0.3) is 0 Å². The van der Waals surface area contributed by atoms with Gasteiger partial charge >= 0.3 is 0 Å². The number of nitrogens with zero attached hydrogens (tertiary/aromatic N) is 4. The van der Waals surface area contributed by atoms with E-state index in [2.05, 4.69) is 16.7 Å². The van der Waals surface area contributed by atoms with Crippen LogP contribution in [-0.4, -0.2) is 72.8 Å². The topological polar surface area (TPSA) is 48.4 Å². The third-order valence-corrected chi connectivity index (χ3v) is 6.35. The van der Waals surface area contributed by atoms with E-state index in [1.54, 1.807) is 12.1 Å². The molecule has 31 heavy (non-hydrogen) atoms. The van der Waals surface area contributed by atoms with Crippen molar-refractivity contribution in [1.29, 1.82) is 0 Å². The van der Waals surface area contributed by atoms with Crippen LogP contribution in [0.2, 0.25) is 5.02 Å². The van der Waals surface area contributed by atoms with Gasteiger partial charge in [-0.15, -0.1) is 0 Å². The van der Waals surface area contributed by atoms with Crippen molar-refractivity contribution in [3.63, 3.8) is 0 Å². The molecule has 6 nitrogen and oxygen atoms in total. The maximum atomic E-state index is 13.3. The zero-order chi connectivity index (χ0) is 21.8. The zero-order valence-electron chi connectivity index (χ0n) is 18.1. The summed E-state index contributed by atoms with van der Waals surface area (Å²) in [6.07, 6.45) is 0.657. The molecule has 2 aliphatic heterocycles. The van der Waals surface area contributed by atoms with Crippen LogP contribution >= 0.6 is 11.6 Å². The molecule has 0 spiro atoms. The summed E-state index contributed by atoms with van der Waals surface area (Å²) in [6.45, 7) is 7.44. The minimum absolute atomic E-state index is 0.0304. The molecule has 2 heterocycles. The summed E-state index contributed by atoms with van der Waals surface area (Å²) in [5.41, 5.74) is 2.91. The van der Waals surface area contributed by atoms with E-state index in [0.717, 1.165) is 55.3 Å². The summed E-state index contributed by atoms with van der Waals surface area (Å²) in [7, 11) is 1.65. The number of ether oxygens (including phenoxy) is 1. The third-order valence-electron chi connectivity index (χ3n) is 6.09. The quantitative estimate of drug-likeness (QED) is 0.687. The van der Waals surface area contributed by atoms with Gasteiger partial charge in [-0.3, -0.25) is 9.69 Å². The van der Waals surface area contributed by atoms with Crippen LogP contribution in [0.4, 0.5) is 0 Å². The van der Waals surface area contributed by atoms with Gasteiger partial charge in [0.2, 0.25) is 0 Å². The molecule has 0 aromatic heterocycles. The highest BCUT2D eigenvalue weighted by molar-refractivity contribution is 6.30. The Morgan fingerprint density at radius 1 is 1.10 bits per heavy atom. The van der Waals surface area contributed by atoms with E-state index in [4.69, 9.17) is 21.4 Å². The highest BCUT2D eigenvalue weighted by Crippen LogP contribution is 2.34. The molecular weight excluding hydrogens is 412 g/mol. The lowest BCUT2D eigenvalue weighted by atomic mass is 9.98. The number of rotatable bonds is 6. The van der Waals surface area contributed by atoms with E-state index in [9.17, 15) is 4.79 Å². The summed E-state index contributed by atoms with van der Waals surface area (Å²) in [5.74, 6) is 0.810. The molecule has 2 aromatic rings. The Bertz CT molecular complexity index is 939. The lowest BCUT2D eigenvalue weighted by Crippen LogP contribution is -2.49. The number of hydrogen-bond donors (Lipinski definition) is 0. The minimum Gasteiger partial charge on any atom is -0.497 e. The molecule has 0 radical (unpaired) electrons. The van der Waals surface area contributed by atoms with Crippen molar-refractivity contribution >= 4 is 23.2 Å². The van der Waals surface area contributed by atoms with Crippen molar-refractivity contribution in [2.75, 3.05) is 46.4 Å². The van der Waals surface area contributed by atoms with Gasteiger partial charge in [0.1, 0.15) is 5.75 Å². The number of benzene rings is 2. The fourth-order valence-corrected chi connectivity index (χ4v) is 4.32. The Kier molecular flexibility index (Phi) is 6.90. The molecule has 0 saturated carbocycles. The summed E-state index contributed by atoms with van der Waals surface area (Å²) in [5, 5.41) is 7.14. The van der Waals surface area contributed by atoms with Gasteiger partial charge in [0.15, 0.2) is 0 Å². The van der Waals surface area contributed by atoms with Crippen LogP contribution < -0.4 is 4.74 Å². The first kappa shape index (κ1) is 21.8. The number of piperazine rings is 1. The normalized spacial score (nSPS) is 20.0. The molecule has 164 valence electrons. The summed E-state index contributed by atoms with van der Waals surface area (Å²) >= 11 is 6.09. The van der Waals surface area contributed by atoms with E-state index >= 15 is 0 Å². The first-order valence-corrected chi connectivity index (χ1v) is 11.2. The number of methoxy groups -OCH3 is 1. The molecule has 2 aliphatic rings. The Morgan fingerprint density at radius 3 is 2.48 bits per heavy atom. The molecule has 1 fully saturated rings. The number of amides is 1. The molecule has 1 atom stereocenters. The maximum Gasteiger partial charge on any atom is 0.257 e. The van der Waals surface area contributed by atoms with Gasteiger partial charge in [-0.25, -0.2) is 5.01 Å². The van der Waals surface area contributed by atoms with Gasteiger partial charge < -0.3 is 9.64 Å². The van der Waals surface area contributed by atoms with Crippen molar-refractivity contribution < 1.29 is 9.53 Å². The molecule has 2 aromatic carbocycles. The summed E-state index contributed by atoms with van der Waals surface area (Å²) in [6, 6.07) is 15.4. The maximum absolute atomic E-state index is 13.3. The lowest BCUT2D eigenvalue weighted by molar-refractivity contribution is -0.134. The number of hydrazone groups is 1. The molecule has 0 unspecified atom stereocenters. The van der Waals surface area contributed by atoms with Gasteiger partial charge in [-0.05, 0) is 36.4 Å². The van der Waals surface area contributed by atoms with Crippen molar-refractivity contribution in [3.05, 3.63) is 64.7 Å². The molecule has 0 aliphatic carbocycles. The molecule has 0 bridgehead atoms. The Labute approximate surface area is 189 Å². The smallest absolute Gasteiger partial charge is 0.257 e. The van der Waals surface area contributed by atoms with E-state index in [-0.39, 0.29) is 11.9 Å². The predicted octanol–water partition coefficient (Wildman–Crippen LogP) is 3.66. The Hall–Kier alpha value is -2.41. The van der Waals surface area contributed by atoms with Crippen molar-refractivity contribution in [3.8, 4) is 5.75 Å². The molecule has 7 heteroatoms. The number of carbonyl (C=O) groups is 1. The molecule has 4 rings (SSSR count). The number of likely N-dealkylation sites (N-methyl/N-ethyl adjacent to an activating group) is 1. The minimum atomic E-state index is -0.136. The van der Waals surface area contributed by atoms with Crippen molar-refractivity contribution in [2.45, 2.75) is 19.4 Å². The van der Waals surface area contributed by atoms with Crippen LogP contribution in [0.1, 0.15) is 30.5 Å². The van der Waals surface area contributed by atoms with Crippen LogP contribution in [0.15, 0.2) is 53.6 Å². The van der Waals surface area contributed by atoms with Crippen LogP contribution in [0, 0.1) is 0 Å². The highest BCUT2D eigenvalue weighted by Gasteiger charge is 2.34. The lowest BCUT2D eigenvalue weighted by Gasteiger charge is -2.34. The van der Waals surface area contributed by atoms with Crippen LogP contribution in [0.3, 0.4) is 0 Å². The first-order valence-electron chi connectivity index (χ1n) is 10.8. The van der Waals surface area contributed by atoms with E-state index < -0.39 is 0 Å². The third kappa shape index (κ3) is 5.09. The van der Waals surface area contributed by atoms with Crippen LogP contribution in [-0.2, 0) is 4.79 Å². The monoisotopic (exact) mass is 440 g/mol. The Morgan fingerprint density at radius 2 is 1.81 bits per heavy atom. The van der Waals surface area contributed by atoms with Gasteiger partial charge in [0.25, 0.3) is 5.91 Å². The fraction of sp³-hybridized carbons (Fsp3) is 0.417. The SMILES string of the molecule is CCN1CCN(CC(=O)N2N=C(c3cccc(OC)c3)C[C@H]2c2ccc(Cl)cc2)CC1. The Balaban J connectivity index is 1.56. The van der Waals surface area contributed by atoms with Crippen molar-refractivity contribution in [2.24, 2.45) is 5.10 Å². The average Bonchev–Trinajstić information content (AvgIpc) is 3.26. The summed E-state index contributed by atoms with van der Waals surface area (Å²) < 4.78 is 5.37. The average molecular weight is 441 g/mol. The number of halogens is 1. The van der Waals surface area contributed by atoms with E-state index in [1.807, 2.05) is 48.5 Å². The predicted molar refractivity (Wildman–Crippen MR) is 124 cm³/mol. The van der Waals surface area contributed by atoms with Gasteiger partial charge in [-0.1, -0.05) is 42.8 Å². The summed E-state index contributed by atoms with van der Waals surface area (Å²) in [4.78, 5) is 18.0. The van der Waals surface area contributed by atoms with E-state index in [1.165, 1.54) is 0 Å². The molecule has 0 N–H and O–H groups in total. The van der Waals surface area contributed by atoms with Gasteiger partial charge in [0, 0.05) is 43.2 Å². The second-order valence-corrected chi connectivity index (χ2v) is 8.44. The zero-order valence-corrected chi connectivity index (χ0v) is 18.9. The number of hydrogen-bond acceptors (Lipinski definition) is 5. The fourth-order valence-electron chi connectivity index (χ4n) is 4.19. The van der Waals surface area contributed by atoms with Gasteiger partial charge in [0.05, 0.1) is 25.4 Å².